The first kappa shape index (κ1) is 19.1. The number of rotatable bonds is 6. The van der Waals surface area contributed by atoms with E-state index in [-0.39, 0.29) is 12.6 Å². The Balaban J connectivity index is 1.61. The van der Waals surface area contributed by atoms with Crippen molar-refractivity contribution < 1.29 is 14.3 Å². The molecule has 0 bridgehead atoms. The van der Waals surface area contributed by atoms with Gasteiger partial charge in [-0.25, -0.2) is 14.6 Å². The average molecular weight is 379 g/mol. The third kappa shape index (κ3) is 5.16. The van der Waals surface area contributed by atoms with Gasteiger partial charge in [-0.15, -0.1) is 0 Å². The largest absolute Gasteiger partial charge is 0.445 e. The summed E-state index contributed by atoms with van der Waals surface area (Å²) in [6, 6.07) is 10.8. The van der Waals surface area contributed by atoms with Gasteiger partial charge in [-0.3, -0.25) is 10.3 Å². The summed E-state index contributed by atoms with van der Waals surface area (Å²) >= 11 is 0. The van der Waals surface area contributed by atoms with Crippen molar-refractivity contribution in [3.05, 3.63) is 66.1 Å². The lowest BCUT2D eigenvalue weighted by atomic mass is 10.1. The molecule has 28 heavy (non-hydrogen) atoms. The van der Waals surface area contributed by atoms with Crippen molar-refractivity contribution in [3.8, 4) is 0 Å². The number of nitrogens with one attached hydrogen (secondary N) is 3. The molecule has 2 aromatic heterocycles. The molecule has 2 heterocycles. The van der Waals surface area contributed by atoms with Crippen LogP contribution in [0.15, 0.2) is 55.0 Å². The minimum atomic E-state index is -0.503. The molecule has 3 aromatic rings. The van der Waals surface area contributed by atoms with Crippen molar-refractivity contribution in [2.45, 2.75) is 20.1 Å². The molecule has 0 aliphatic carbocycles. The van der Waals surface area contributed by atoms with Gasteiger partial charge in [-0.05, 0) is 41.6 Å². The zero-order valence-corrected chi connectivity index (χ0v) is 15.4. The second kappa shape index (κ2) is 9.31. The number of alkyl carbamates (subject to hydrolysis) is 1. The molecule has 0 saturated carbocycles. The Kier molecular flexibility index (Phi) is 6.35. The molecule has 0 aliphatic rings. The molecule has 3 amide bonds. The lowest BCUT2D eigenvalue weighted by molar-refractivity contribution is 0.139. The van der Waals surface area contributed by atoms with Crippen LogP contribution in [0.2, 0.25) is 0 Å². The fraction of sp³-hybridized carbons (Fsp3) is 0.200. The summed E-state index contributed by atoms with van der Waals surface area (Å²) in [6.45, 7) is 2.86. The summed E-state index contributed by atoms with van der Waals surface area (Å²) in [7, 11) is 0. The third-order valence-corrected chi connectivity index (χ3v) is 3.98. The molecular weight excluding hydrogens is 358 g/mol. The molecule has 0 unspecified atom stereocenters. The topological polar surface area (TPSA) is 105 Å². The maximum atomic E-state index is 11.9. The minimum Gasteiger partial charge on any atom is -0.445 e. The number of pyridine rings is 2. The molecule has 0 aliphatic heterocycles. The summed E-state index contributed by atoms with van der Waals surface area (Å²) in [5.74, 6) is 0.459. The fourth-order valence-electron chi connectivity index (χ4n) is 2.62. The van der Waals surface area contributed by atoms with Gasteiger partial charge in [0.1, 0.15) is 12.4 Å². The molecule has 0 radical (unpaired) electrons. The van der Waals surface area contributed by atoms with Gasteiger partial charge in [0.05, 0.1) is 0 Å². The Morgan fingerprint density at radius 3 is 2.71 bits per heavy atom. The number of amides is 3. The number of benzene rings is 1. The highest BCUT2D eigenvalue weighted by atomic mass is 16.5. The maximum absolute atomic E-state index is 11.9. The molecule has 0 fully saturated rings. The van der Waals surface area contributed by atoms with Crippen molar-refractivity contribution >= 4 is 28.7 Å². The van der Waals surface area contributed by atoms with Crippen LogP contribution in [0.5, 0.6) is 0 Å². The number of hydrogen-bond donors (Lipinski definition) is 3. The number of urea groups is 1. The van der Waals surface area contributed by atoms with E-state index in [4.69, 9.17) is 4.74 Å². The number of carbonyl (C=O) groups is 2. The summed E-state index contributed by atoms with van der Waals surface area (Å²) in [5, 5.41) is 9.87. The summed E-state index contributed by atoms with van der Waals surface area (Å²) < 4.78 is 5.20. The smallest absolute Gasteiger partial charge is 0.407 e. The van der Waals surface area contributed by atoms with Crippen molar-refractivity contribution in [1.29, 1.82) is 0 Å². The van der Waals surface area contributed by atoms with Crippen LogP contribution in [0.4, 0.5) is 15.4 Å². The van der Waals surface area contributed by atoms with Gasteiger partial charge in [-0.2, -0.15) is 0 Å². The van der Waals surface area contributed by atoms with Crippen molar-refractivity contribution in [3.63, 3.8) is 0 Å². The normalized spacial score (nSPS) is 10.3. The van der Waals surface area contributed by atoms with E-state index in [1.807, 2.05) is 25.1 Å². The zero-order chi connectivity index (χ0) is 19.8. The number of carbonyl (C=O) groups excluding carboxylic acids is 2. The van der Waals surface area contributed by atoms with Crippen LogP contribution >= 0.6 is 0 Å². The van der Waals surface area contributed by atoms with Gasteiger partial charge in [0.2, 0.25) is 0 Å². The molecule has 0 atom stereocenters. The third-order valence-electron chi connectivity index (χ3n) is 3.98. The van der Waals surface area contributed by atoms with Gasteiger partial charge >= 0.3 is 12.1 Å². The lowest BCUT2D eigenvalue weighted by Gasteiger charge is -2.10. The minimum absolute atomic E-state index is 0.181. The summed E-state index contributed by atoms with van der Waals surface area (Å²) in [4.78, 5) is 31.8. The van der Waals surface area contributed by atoms with Crippen molar-refractivity contribution in [2.24, 2.45) is 0 Å². The number of anilines is 1. The number of hydrogen-bond acceptors (Lipinski definition) is 5. The molecule has 3 N–H and O–H groups in total. The van der Waals surface area contributed by atoms with Gasteiger partial charge in [0, 0.05) is 37.1 Å². The van der Waals surface area contributed by atoms with E-state index in [2.05, 4.69) is 25.9 Å². The molecule has 8 heteroatoms. The van der Waals surface area contributed by atoms with E-state index in [0.29, 0.717) is 18.9 Å². The van der Waals surface area contributed by atoms with E-state index < -0.39 is 6.09 Å². The average Bonchev–Trinajstić information content (AvgIpc) is 2.71. The lowest BCUT2D eigenvalue weighted by Crippen LogP contribution is -2.28. The predicted molar refractivity (Wildman–Crippen MR) is 106 cm³/mol. The Morgan fingerprint density at radius 1 is 1.11 bits per heavy atom. The van der Waals surface area contributed by atoms with Gasteiger partial charge in [0.25, 0.3) is 0 Å². The first-order valence-corrected chi connectivity index (χ1v) is 8.87. The highest BCUT2D eigenvalue weighted by molar-refractivity contribution is 5.92. The fourth-order valence-corrected chi connectivity index (χ4v) is 2.62. The van der Waals surface area contributed by atoms with E-state index in [9.17, 15) is 9.59 Å². The van der Waals surface area contributed by atoms with E-state index >= 15 is 0 Å². The highest BCUT2D eigenvalue weighted by Gasteiger charge is 2.08. The monoisotopic (exact) mass is 379 g/mol. The zero-order valence-electron chi connectivity index (χ0n) is 15.4. The standard InChI is InChI=1S/C20H21N5O3/c1-2-22-19(26)25-18-10-15-4-3-5-16(17(15)12-23-18)11-24-20(27)28-13-14-6-8-21-9-7-14/h3-10,12H,2,11,13H2,1H3,(H,24,27)(H2,22,23,25,26). The maximum Gasteiger partial charge on any atom is 0.407 e. The van der Waals surface area contributed by atoms with Crippen LogP contribution < -0.4 is 16.0 Å². The number of fused-ring (bicyclic) bond motifs is 1. The van der Waals surface area contributed by atoms with Crippen LogP contribution in [0, 0.1) is 0 Å². The van der Waals surface area contributed by atoms with Crippen molar-refractivity contribution in [1.82, 2.24) is 20.6 Å². The predicted octanol–water partition coefficient (Wildman–Crippen LogP) is 3.20. The van der Waals surface area contributed by atoms with E-state index in [1.54, 1.807) is 36.8 Å². The van der Waals surface area contributed by atoms with Gasteiger partial charge < -0.3 is 15.4 Å². The number of aromatic nitrogens is 2. The van der Waals surface area contributed by atoms with Crippen LogP contribution in [-0.2, 0) is 17.9 Å². The van der Waals surface area contributed by atoms with Gasteiger partial charge in [-0.1, -0.05) is 18.2 Å². The van der Waals surface area contributed by atoms with E-state index in [1.165, 1.54) is 0 Å². The Morgan fingerprint density at radius 2 is 1.93 bits per heavy atom. The Labute approximate surface area is 162 Å². The molecular formula is C20H21N5O3. The molecule has 8 nitrogen and oxygen atoms in total. The number of nitrogens with zero attached hydrogens (tertiary/aromatic N) is 2. The molecule has 0 spiro atoms. The quantitative estimate of drug-likeness (QED) is 0.610. The van der Waals surface area contributed by atoms with Crippen LogP contribution in [0.25, 0.3) is 10.8 Å². The first-order valence-electron chi connectivity index (χ1n) is 8.87. The number of ether oxygens (including phenoxy) is 1. The molecule has 144 valence electrons. The Bertz CT molecular complexity index is 962. The summed E-state index contributed by atoms with van der Waals surface area (Å²) in [5.41, 5.74) is 1.77. The SMILES string of the molecule is CCNC(=O)Nc1cc2cccc(CNC(=O)OCc3ccncc3)c2cn1. The second-order valence-corrected chi connectivity index (χ2v) is 5.98. The Hall–Kier alpha value is -3.68. The van der Waals surface area contributed by atoms with E-state index in [0.717, 1.165) is 21.9 Å². The highest BCUT2D eigenvalue weighted by Crippen LogP contribution is 2.20. The van der Waals surface area contributed by atoms with Crippen LogP contribution in [0.1, 0.15) is 18.1 Å². The second-order valence-electron chi connectivity index (χ2n) is 5.98. The summed E-state index contributed by atoms with van der Waals surface area (Å²) in [6.07, 6.45) is 4.47. The van der Waals surface area contributed by atoms with Crippen LogP contribution in [-0.4, -0.2) is 28.6 Å². The molecule has 3 rings (SSSR count). The van der Waals surface area contributed by atoms with Crippen LogP contribution in [0.3, 0.4) is 0 Å². The molecule has 0 saturated heterocycles. The van der Waals surface area contributed by atoms with Crippen molar-refractivity contribution in [2.75, 3.05) is 11.9 Å². The van der Waals surface area contributed by atoms with Gasteiger partial charge in [0.15, 0.2) is 0 Å². The molecule has 1 aromatic carbocycles. The first-order chi connectivity index (χ1) is 13.7.